The average molecular weight is 323 g/mol. The fraction of sp³-hybridized carbons (Fsp3) is 0.500. The first-order valence-corrected chi connectivity index (χ1v) is 8.14. The van der Waals surface area contributed by atoms with Crippen LogP contribution in [0.5, 0.6) is 0 Å². The molecule has 0 radical (unpaired) electrons. The number of rotatable bonds is 4. The second kappa shape index (κ2) is 8.63. The van der Waals surface area contributed by atoms with Crippen LogP contribution >= 0.6 is 11.6 Å². The van der Waals surface area contributed by atoms with E-state index in [9.17, 15) is 4.79 Å². The quantitative estimate of drug-likeness (QED) is 0.507. The molecule has 2 rings (SSSR count). The van der Waals surface area contributed by atoms with Crippen LogP contribution in [0.4, 0.5) is 0 Å². The third kappa shape index (κ3) is 4.91. The van der Waals surface area contributed by atoms with Gasteiger partial charge in [0.05, 0.1) is 17.1 Å². The maximum Gasteiger partial charge on any atom is 0.252 e. The van der Waals surface area contributed by atoms with Gasteiger partial charge in [0.15, 0.2) is 5.96 Å². The molecular formula is C16H23ClN4O. The van der Waals surface area contributed by atoms with Crippen LogP contribution in [0, 0.1) is 0 Å². The molecule has 1 aromatic rings. The van der Waals surface area contributed by atoms with E-state index >= 15 is 0 Å². The molecule has 0 atom stereocenters. The molecule has 1 aliphatic heterocycles. The number of hydrogen-bond acceptors (Lipinski definition) is 2. The van der Waals surface area contributed by atoms with E-state index in [0.717, 1.165) is 13.1 Å². The van der Waals surface area contributed by atoms with Gasteiger partial charge in [-0.2, -0.15) is 0 Å². The first-order chi connectivity index (χ1) is 10.7. The number of nitrogens with one attached hydrogen (secondary N) is 1. The number of hydrogen-bond donors (Lipinski definition) is 2. The summed E-state index contributed by atoms with van der Waals surface area (Å²) in [7, 11) is 0. The lowest BCUT2D eigenvalue weighted by atomic mass is 10.2. The Labute approximate surface area is 136 Å². The zero-order valence-electron chi connectivity index (χ0n) is 12.7. The number of carbonyl (C=O) groups is 1. The highest BCUT2D eigenvalue weighted by molar-refractivity contribution is 6.33. The lowest BCUT2D eigenvalue weighted by molar-refractivity contribution is 0.0955. The minimum absolute atomic E-state index is 0.186. The Balaban J connectivity index is 1.77. The minimum Gasteiger partial charge on any atom is -0.370 e. The van der Waals surface area contributed by atoms with Crippen LogP contribution in [0.2, 0.25) is 5.02 Å². The molecule has 0 spiro atoms. The molecule has 0 saturated carbocycles. The predicted molar refractivity (Wildman–Crippen MR) is 90.3 cm³/mol. The molecule has 3 N–H and O–H groups in total. The molecule has 1 saturated heterocycles. The van der Waals surface area contributed by atoms with Gasteiger partial charge >= 0.3 is 0 Å². The van der Waals surface area contributed by atoms with E-state index in [0.29, 0.717) is 29.6 Å². The normalized spacial score (nSPS) is 16.2. The van der Waals surface area contributed by atoms with Gasteiger partial charge < -0.3 is 16.0 Å². The number of carbonyl (C=O) groups excluding carboxylic acids is 1. The fourth-order valence-corrected chi connectivity index (χ4v) is 2.70. The Morgan fingerprint density at radius 2 is 1.91 bits per heavy atom. The zero-order valence-corrected chi connectivity index (χ0v) is 13.5. The van der Waals surface area contributed by atoms with E-state index < -0.39 is 0 Å². The van der Waals surface area contributed by atoms with Gasteiger partial charge in [0.2, 0.25) is 0 Å². The van der Waals surface area contributed by atoms with Crippen molar-refractivity contribution in [3.63, 3.8) is 0 Å². The van der Waals surface area contributed by atoms with Crippen molar-refractivity contribution in [2.24, 2.45) is 10.7 Å². The monoisotopic (exact) mass is 322 g/mol. The minimum atomic E-state index is -0.186. The van der Waals surface area contributed by atoms with E-state index in [1.54, 1.807) is 24.3 Å². The third-order valence-corrected chi connectivity index (χ3v) is 4.05. The zero-order chi connectivity index (χ0) is 15.8. The van der Waals surface area contributed by atoms with E-state index in [1.807, 2.05) is 0 Å². The smallest absolute Gasteiger partial charge is 0.252 e. The predicted octanol–water partition coefficient (Wildman–Crippen LogP) is 2.26. The molecule has 0 aliphatic carbocycles. The second-order valence-electron chi connectivity index (χ2n) is 5.38. The first kappa shape index (κ1) is 16.6. The summed E-state index contributed by atoms with van der Waals surface area (Å²) in [5.41, 5.74) is 6.49. The highest BCUT2D eigenvalue weighted by Gasteiger charge is 2.11. The van der Waals surface area contributed by atoms with Gasteiger partial charge in [0.1, 0.15) is 0 Å². The summed E-state index contributed by atoms with van der Waals surface area (Å²) < 4.78 is 0. The molecule has 5 nitrogen and oxygen atoms in total. The van der Waals surface area contributed by atoms with Gasteiger partial charge in [-0.3, -0.25) is 9.79 Å². The summed E-state index contributed by atoms with van der Waals surface area (Å²) in [6.45, 7) is 2.86. The fourth-order valence-electron chi connectivity index (χ4n) is 2.48. The van der Waals surface area contributed by atoms with Crippen molar-refractivity contribution in [3.8, 4) is 0 Å². The lowest BCUT2D eigenvalue weighted by Gasteiger charge is -2.21. The SMILES string of the molecule is NC(=NCCNC(=O)c1ccccc1Cl)N1CCCCCC1. The molecule has 22 heavy (non-hydrogen) atoms. The Hall–Kier alpha value is -1.75. The maximum atomic E-state index is 12.0. The van der Waals surface area contributed by atoms with Crippen molar-refractivity contribution in [2.45, 2.75) is 25.7 Å². The molecule has 120 valence electrons. The van der Waals surface area contributed by atoms with Crippen LogP contribution in [-0.2, 0) is 0 Å². The van der Waals surface area contributed by atoms with Gasteiger partial charge in [0.25, 0.3) is 5.91 Å². The van der Waals surface area contributed by atoms with E-state index in [1.165, 1.54) is 25.7 Å². The lowest BCUT2D eigenvalue weighted by Crippen LogP contribution is -2.38. The maximum absolute atomic E-state index is 12.0. The Morgan fingerprint density at radius 3 is 2.59 bits per heavy atom. The van der Waals surface area contributed by atoms with Crippen LogP contribution < -0.4 is 11.1 Å². The number of halogens is 1. The number of aliphatic imine (C=N–C) groups is 1. The molecule has 6 heteroatoms. The van der Waals surface area contributed by atoms with E-state index in [4.69, 9.17) is 17.3 Å². The summed E-state index contributed by atoms with van der Waals surface area (Å²) >= 11 is 5.98. The summed E-state index contributed by atoms with van der Waals surface area (Å²) in [6, 6.07) is 6.99. The van der Waals surface area contributed by atoms with E-state index in [-0.39, 0.29) is 5.91 Å². The summed E-state index contributed by atoms with van der Waals surface area (Å²) in [4.78, 5) is 18.4. The molecule has 1 amide bonds. The molecule has 1 aromatic carbocycles. The Morgan fingerprint density at radius 1 is 1.23 bits per heavy atom. The number of likely N-dealkylation sites (tertiary alicyclic amines) is 1. The first-order valence-electron chi connectivity index (χ1n) is 7.76. The Kier molecular flexibility index (Phi) is 6.52. The molecule has 1 heterocycles. The van der Waals surface area contributed by atoms with Crippen LogP contribution in [0.25, 0.3) is 0 Å². The highest BCUT2D eigenvalue weighted by atomic mass is 35.5. The molecule has 0 bridgehead atoms. The summed E-state index contributed by atoms with van der Waals surface area (Å²) in [5.74, 6) is 0.392. The number of nitrogens with two attached hydrogens (primary N) is 1. The van der Waals surface area contributed by atoms with Crippen LogP contribution in [-0.4, -0.2) is 42.9 Å². The van der Waals surface area contributed by atoms with Gasteiger partial charge in [0, 0.05) is 19.6 Å². The number of guanidine groups is 1. The highest BCUT2D eigenvalue weighted by Crippen LogP contribution is 2.14. The van der Waals surface area contributed by atoms with Crippen molar-refractivity contribution < 1.29 is 4.79 Å². The second-order valence-corrected chi connectivity index (χ2v) is 5.78. The topological polar surface area (TPSA) is 70.7 Å². The summed E-state index contributed by atoms with van der Waals surface area (Å²) in [6.07, 6.45) is 4.86. The van der Waals surface area contributed by atoms with Gasteiger partial charge in [-0.05, 0) is 25.0 Å². The molecule has 0 unspecified atom stereocenters. The Bertz CT molecular complexity index is 525. The largest absolute Gasteiger partial charge is 0.370 e. The number of amides is 1. The number of benzene rings is 1. The average Bonchev–Trinajstić information content (AvgIpc) is 2.81. The number of nitrogens with zero attached hydrogens (tertiary/aromatic N) is 2. The van der Waals surface area contributed by atoms with Gasteiger partial charge in [-0.1, -0.05) is 36.6 Å². The molecule has 1 fully saturated rings. The standard InChI is InChI=1S/C16H23ClN4O/c17-14-8-4-3-7-13(14)15(22)19-9-10-20-16(18)21-11-5-1-2-6-12-21/h3-4,7-8H,1-2,5-6,9-12H2,(H2,18,20)(H,19,22). The molecule has 1 aliphatic rings. The van der Waals surface area contributed by atoms with E-state index in [2.05, 4.69) is 15.2 Å². The third-order valence-electron chi connectivity index (χ3n) is 3.72. The van der Waals surface area contributed by atoms with Crippen LogP contribution in [0.3, 0.4) is 0 Å². The van der Waals surface area contributed by atoms with Crippen LogP contribution in [0.15, 0.2) is 29.3 Å². The van der Waals surface area contributed by atoms with Crippen molar-refractivity contribution in [2.75, 3.05) is 26.2 Å². The summed E-state index contributed by atoms with van der Waals surface area (Å²) in [5, 5.41) is 3.26. The van der Waals surface area contributed by atoms with Gasteiger partial charge in [-0.15, -0.1) is 0 Å². The van der Waals surface area contributed by atoms with Crippen molar-refractivity contribution >= 4 is 23.5 Å². The van der Waals surface area contributed by atoms with Crippen LogP contribution in [0.1, 0.15) is 36.0 Å². The van der Waals surface area contributed by atoms with Crippen molar-refractivity contribution in [3.05, 3.63) is 34.9 Å². The van der Waals surface area contributed by atoms with Crippen molar-refractivity contribution in [1.29, 1.82) is 0 Å². The molecule has 0 aromatic heterocycles. The van der Waals surface area contributed by atoms with Crippen molar-refractivity contribution in [1.82, 2.24) is 10.2 Å². The molecular weight excluding hydrogens is 300 g/mol. The van der Waals surface area contributed by atoms with Gasteiger partial charge in [-0.25, -0.2) is 0 Å².